The second kappa shape index (κ2) is 5.99. The van der Waals surface area contributed by atoms with Crippen LogP contribution in [0.15, 0.2) is 0 Å². The molecule has 1 saturated carbocycles. The van der Waals surface area contributed by atoms with Crippen molar-refractivity contribution in [1.82, 2.24) is 10.2 Å². The average molecular weight is 284 g/mol. The van der Waals surface area contributed by atoms with Gasteiger partial charge < -0.3 is 20.4 Å². The fourth-order valence-electron chi connectivity index (χ4n) is 3.14. The fraction of sp³-hybridized carbons (Fsp3) is 0.857. The Bertz CT molecular complexity index is 383. The molecule has 0 aromatic carbocycles. The zero-order chi connectivity index (χ0) is 14.8. The van der Waals surface area contributed by atoms with E-state index >= 15 is 0 Å². The molecule has 3 unspecified atom stereocenters. The summed E-state index contributed by atoms with van der Waals surface area (Å²) in [5.74, 6) is -1.29. The zero-order valence-corrected chi connectivity index (χ0v) is 12.0. The third-order valence-corrected chi connectivity index (χ3v) is 4.49. The Morgan fingerprint density at radius 1 is 1.20 bits per heavy atom. The molecule has 0 bridgehead atoms. The fourth-order valence-corrected chi connectivity index (χ4v) is 3.14. The van der Waals surface area contributed by atoms with Crippen molar-refractivity contribution in [1.29, 1.82) is 0 Å². The number of urea groups is 1. The maximum absolute atomic E-state index is 12.2. The number of amides is 2. The highest BCUT2D eigenvalue weighted by Gasteiger charge is 2.35. The summed E-state index contributed by atoms with van der Waals surface area (Å²) < 4.78 is 0. The number of carboxylic acid groups (broad SMARTS) is 1. The van der Waals surface area contributed by atoms with Crippen LogP contribution in [-0.2, 0) is 4.79 Å². The lowest BCUT2D eigenvalue weighted by molar-refractivity contribution is -0.142. The molecular formula is C14H24N2O4. The van der Waals surface area contributed by atoms with Crippen LogP contribution >= 0.6 is 0 Å². The van der Waals surface area contributed by atoms with Gasteiger partial charge in [-0.2, -0.15) is 0 Å². The Morgan fingerprint density at radius 3 is 2.65 bits per heavy atom. The molecule has 114 valence electrons. The Morgan fingerprint density at radius 2 is 1.95 bits per heavy atom. The molecule has 20 heavy (non-hydrogen) atoms. The Labute approximate surface area is 119 Å². The number of carbonyl (C=O) groups excluding carboxylic acids is 1. The Kier molecular flexibility index (Phi) is 4.52. The predicted octanol–water partition coefficient (Wildman–Crippen LogP) is 1.19. The van der Waals surface area contributed by atoms with E-state index in [2.05, 4.69) is 5.32 Å². The van der Waals surface area contributed by atoms with Gasteiger partial charge in [-0.1, -0.05) is 6.42 Å². The number of aliphatic carboxylic acids is 1. The highest BCUT2D eigenvalue weighted by molar-refractivity contribution is 5.77. The number of aliphatic hydroxyl groups is 1. The SMILES string of the molecule is CC1(O)CCCN(C(=O)NC2CCCC2C(=O)O)CC1. The van der Waals surface area contributed by atoms with Crippen molar-refractivity contribution >= 4 is 12.0 Å². The first-order valence-corrected chi connectivity index (χ1v) is 7.40. The van der Waals surface area contributed by atoms with Crippen molar-refractivity contribution in [3.63, 3.8) is 0 Å². The predicted molar refractivity (Wildman–Crippen MR) is 73.3 cm³/mol. The summed E-state index contributed by atoms with van der Waals surface area (Å²) in [7, 11) is 0. The van der Waals surface area contributed by atoms with E-state index < -0.39 is 17.5 Å². The molecule has 0 spiro atoms. The van der Waals surface area contributed by atoms with Gasteiger partial charge in [-0.05, 0) is 39.0 Å². The number of nitrogens with zero attached hydrogens (tertiary/aromatic N) is 1. The van der Waals surface area contributed by atoms with E-state index in [1.807, 2.05) is 0 Å². The van der Waals surface area contributed by atoms with Gasteiger partial charge in [-0.15, -0.1) is 0 Å². The molecule has 0 aromatic rings. The number of likely N-dealkylation sites (tertiary alicyclic amines) is 1. The molecule has 6 heteroatoms. The minimum absolute atomic E-state index is 0.194. The summed E-state index contributed by atoms with van der Waals surface area (Å²) in [6, 6.07) is -0.454. The first kappa shape index (κ1) is 15.1. The number of rotatable bonds is 2. The summed E-state index contributed by atoms with van der Waals surface area (Å²) in [6.45, 7) is 2.93. The topological polar surface area (TPSA) is 89.9 Å². The van der Waals surface area contributed by atoms with Crippen LogP contribution in [0.5, 0.6) is 0 Å². The number of carboxylic acids is 1. The average Bonchev–Trinajstić information content (AvgIpc) is 2.73. The molecule has 2 amide bonds. The van der Waals surface area contributed by atoms with E-state index in [1.165, 1.54) is 0 Å². The smallest absolute Gasteiger partial charge is 0.317 e. The van der Waals surface area contributed by atoms with E-state index in [1.54, 1.807) is 11.8 Å². The second-order valence-electron chi connectivity index (χ2n) is 6.27. The standard InChI is InChI=1S/C14H24N2O4/c1-14(20)6-3-8-16(9-7-14)13(19)15-11-5-2-4-10(11)12(17)18/h10-11,20H,2-9H2,1H3,(H,15,19)(H,17,18). The molecule has 1 saturated heterocycles. The van der Waals surface area contributed by atoms with Crippen LogP contribution in [0.2, 0.25) is 0 Å². The lowest BCUT2D eigenvalue weighted by Crippen LogP contribution is -2.47. The number of nitrogens with one attached hydrogen (secondary N) is 1. The molecule has 2 aliphatic rings. The molecule has 2 fully saturated rings. The highest BCUT2D eigenvalue weighted by atomic mass is 16.4. The van der Waals surface area contributed by atoms with E-state index in [-0.39, 0.29) is 12.1 Å². The van der Waals surface area contributed by atoms with Crippen molar-refractivity contribution < 1.29 is 19.8 Å². The van der Waals surface area contributed by atoms with Crippen molar-refractivity contribution in [3.05, 3.63) is 0 Å². The monoisotopic (exact) mass is 284 g/mol. The van der Waals surface area contributed by atoms with Crippen molar-refractivity contribution in [2.75, 3.05) is 13.1 Å². The number of hydrogen-bond donors (Lipinski definition) is 3. The minimum atomic E-state index is -0.827. The van der Waals surface area contributed by atoms with E-state index in [9.17, 15) is 14.7 Å². The number of hydrogen-bond acceptors (Lipinski definition) is 3. The van der Waals surface area contributed by atoms with Crippen molar-refractivity contribution in [3.8, 4) is 0 Å². The lowest BCUT2D eigenvalue weighted by atomic mass is 9.98. The lowest BCUT2D eigenvalue weighted by Gasteiger charge is -2.26. The van der Waals surface area contributed by atoms with Gasteiger partial charge in [0.1, 0.15) is 0 Å². The van der Waals surface area contributed by atoms with Gasteiger partial charge in [0.2, 0.25) is 0 Å². The van der Waals surface area contributed by atoms with Crippen molar-refractivity contribution in [2.45, 2.75) is 57.1 Å². The van der Waals surface area contributed by atoms with Crippen LogP contribution in [0.25, 0.3) is 0 Å². The van der Waals surface area contributed by atoms with Gasteiger partial charge >= 0.3 is 12.0 Å². The van der Waals surface area contributed by atoms with Gasteiger partial charge in [-0.25, -0.2) is 4.79 Å². The third kappa shape index (κ3) is 3.62. The highest BCUT2D eigenvalue weighted by Crippen LogP contribution is 2.26. The summed E-state index contributed by atoms with van der Waals surface area (Å²) in [5, 5.41) is 22.0. The molecule has 1 aliphatic carbocycles. The van der Waals surface area contributed by atoms with Gasteiger partial charge in [0.15, 0.2) is 0 Å². The normalized spacial score (nSPS) is 34.6. The van der Waals surface area contributed by atoms with Gasteiger partial charge in [0.05, 0.1) is 11.5 Å². The molecule has 6 nitrogen and oxygen atoms in total. The second-order valence-corrected chi connectivity index (χ2v) is 6.27. The van der Waals surface area contributed by atoms with Gasteiger partial charge in [0, 0.05) is 19.1 Å². The van der Waals surface area contributed by atoms with Gasteiger partial charge in [0.25, 0.3) is 0 Å². The first-order chi connectivity index (χ1) is 9.39. The van der Waals surface area contributed by atoms with Crippen LogP contribution in [0.1, 0.15) is 45.4 Å². The quantitative estimate of drug-likeness (QED) is 0.710. The third-order valence-electron chi connectivity index (χ3n) is 4.49. The van der Waals surface area contributed by atoms with Gasteiger partial charge in [-0.3, -0.25) is 4.79 Å². The molecule has 2 rings (SSSR count). The maximum Gasteiger partial charge on any atom is 0.317 e. The molecule has 1 heterocycles. The summed E-state index contributed by atoms with van der Waals surface area (Å²) in [4.78, 5) is 25.0. The molecule has 0 aromatic heterocycles. The maximum atomic E-state index is 12.2. The minimum Gasteiger partial charge on any atom is -0.481 e. The van der Waals surface area contributed by atoms with Crippen LogP contribution in [0.3, 0.4) is 0 Å². The van der Waals surface area contributed by atoms with Crippen LogP contribution in [-0.4, -0.2) is 51.8 Å². The van der Waals surface area contributed by atoms with Crippen LogP contribution < -0.4 is 5.32 Å². The van der Waals surface area contributed by atoms with E-state index in [4.69, 9.17) is 5.11 Å². The Balaban J connectivity index is 1.90. The summed E-state index contributed by atoms with van der Waals surface area (Å²) in [5.41, 5.74) is -0.702. The van der Waals surface area contributed by atoms with E-state index in [0.29, 0.717) is 32.4 Å². The molecule has 1 aliphatic heterocycles. The number of carbonyl (C=O) groups is 2. The Hall–Kier alpha value is -1.30. The zero-order valence-electron chi connectivity index (χ0n) is 12.0. The van der Waals surface area contributed by atoms with E-state index in [0.717, 1.165) is 19.3 Å². The molecule has 0 radical (unpaired) electrons. The van der Waals surface area contributed by atoms with Crippen LogP contribution in [0, 0.1) is 5.92 Å². The van der Waals surface area contributed by atoms with Crippen LogP contribution in [0.4, 0.5) is 4.79 Å². The van der Waals surface area contributed by atoms with Crippen molar-refractivity contribution in [2.24, 2.45) is 5.92 Å². The summed E-state index contributed by atoms with van der Waals surface area (Å²) in [6.07, 6.45) is 4.23. The summed E-state index contributed by atoms with van der Waals surface area (Å²) >= 11 is 0. The molecular weight excluding hydrogens is 260 g/mol. The largest absolute Gasteiger partial charge is 0.481 e. The molecule has 3 N–H and O–H groups in total. The first-order valence-electron chi connectivity index (χ1n) is 7.40. The molecule has 3 atom stereocenters.